The van der Waals surface area contributed by atoms with Gasteiger partial charge in [0.15, 0.2) is 11.4 Å². The van der Waals surface area contributed by atoms with E-state index in [-0.39, 0.29) is 74.0 Å². The van der Waals surface area contributed by atoms with Crippen molar-refractivity contribution in [1.82, 2.24) is 0 Å². The fraction of sp³-hybridized carbons (Fsp3) is 0.350. The summed E-state index contributed by atoms with van der Waals surface area (Å²) in [6, 6.07) is 12.9. The number of Topliss-reactive ketones (excluding diaryl/α,β-unsaturated/α-hetero) is 1. The number of aryl methyl sites for hydroxylation is 1. The number of rotatable bonds is 3. The van der Waals surface area contributed by atoms with E-state index in [4.69, 9.17) is 4.74 Å². The molecule has 0 saturated carbocycles. The zero-order chi connectivity index (χ0) is 22.8. The van der Waals surface area contributed by atoms with E-state index in [0.29, 0.717) is 6.92 Å². The molecule has 0 amide bonds. The first-order chi connectivity index (χ1) is 13.2. The summed E-state index contributed by atoms with van der Waals surface area (Å²) in [6.07, 6.45) is -4.71. The minimum Gasteiger partial charge on any atom is -0.870 e. The smallest absolute Gasteiger partial charge is 0.870 e. The fourth-order valence-corrected chi connectivity index (χ4v) is 1.95. The molecule has 2 aromatic carbocycles. The fourth-order valence-electron chi connectivity index (χ4n) is 1.95. The average molecular weight is 480 g/mol. The zero-order valence-electron chi connectivity index (χ0n) is 17.7. The van der Waals surface area contributed by atoms with E-state index in [1.54, 1.807) is 6.92 Å². The predicted octanol–water partition coefficient (Wildman–Crippen LogP) is 2.67. The van der Waals surface area contributed by atoms with Crippen molar-refractivity contribution in [1.29, 1.82) is 0 Å². The van der Waals surface area contributed by atoms with Crippen molar-refractivity contribution in [3.05, 3.63) is 65.2 Å². The second-order valence-corrected chi connectivity index (χ2v) is 5.98. The molecule has 1 atom stereocenters. The molecule has 11 heteroatoms. The number of ketones is 1. The van der Waals surface area contributed by atoms with Gasteiger partial charge in [0, 0.05) is 5.56 Å². The molecule has 0 spiro atoms. The molecular weight excluding hydrogens is 457 g/mol. The van der Waals surface area contributed by atoms with Crippen molar-refractivity contribution < 1.29 is 97.8 Å². The van der Waals surface area contributed by atoms with Gasteiger partial charge in [0.1, 0.15) is 5.75 Å². The molecule has 0 radical (unpaired) electrons. The molecule has 31 heavy (non-hydrogen) atoms. The zero-order valence-corrected chi connectivity index (χ0v) is 20.8. The van der Waals surface area contributed by atoms with Crippen LogP contribution in [0.2, 0.25) is 0 Å². The average Bonchev–Trinajstić information content (AvgIpc) is 2.61. The summed E-state index contributed by atoms with van der Waals surface area (Å²) >= 11 is 0. The molecule has 2 aromatic rings. The molecule has 1 unspecified atom stereocenters. The summed E-state index contributed by atoms with van der Waals surface area (Å²) in [7, 11) is 1.35. The van der Waals surface area contributed by atoms with Gasteiger partial charge in [0.2, 0.25) is 0 Å². The molecule has 0 fully saturated rings. The number of hydrogen-bond donors (Lipinski definition) is 1. The van der Waals surface area contributed by atoms with E-state index >= 15 is 0 Å². The summed E-state index contributed by atoms with van der Waals surface area (Å²) in [4.78, 5) is 10.8. The number of alkyl halides is 6. The van der Waals surface area contributed by atoms with Gasteiger partial charge in [-0.25, -0.2) is 0 Å². The first kappa shape index (κ1) is 34.7. The molecule has 170 valence electrons. The topological polar surface area (TPSA) is 76.5 Å². The Labute approximate surface area is 219 Å². The van der Waals surface area contributed by atoms with Crippen LogP contribution in [0.3, 0.4) is 0 Å². The molecule has 4 nitrogen and oxygen atoms in total. The first-order valence-corrected chi connectivity index (χ1v) is 8.15. The van der Waals surface area contributed by atoms with Gasteiger partial charge in [-0.1, -0.05) is 35.9 Å². The minimum atomic E-state index is -4.71. The van der Waals surface area contributed by atoms with Gasteiger partial charge < -0.3 is 15.3 Å². The van der Waals surface area contributed by atoms with Crippen molar-refractivity contribution >= 4 is 5.78 Å². The number of hydrogen-bond acceptors (Lipinski definition) is 4. The van der Waals surface area contributed by atoms with Gasteiger partial charge in [-0.05, 0) is 44.5 Å². The second kappa shape index (κ2) is 15.8. The number of ether oxygens (including phenoxy) is 1. The number of aliphatic hydroxyl groups is 1. The summed E-state index contributed by atoms with van der Waals surface area (Å²) in [5.74, 6) is 0.403. The molecule has 0 aliphatic carbocycles. The molecule has 0 bridgehead atoms. The SMILES string of the molecule is CC(=O)c1cccc(C)c1.COc1cccc(C(C)(O)C(F)(F)F)c1.FC(F)F.[K+].[OH-]. The molecule has 0 heterocycles. The summed E-state index contributed by atoms with van der Waals surface area (Å²) in [5.41, 5.74) is -1.18. The van der Waals surface area contributed by atoms with Crippen LogP contribution in [-0.2, 0) is 5.60 Å². The molecule has 0 saturated heterocycles. The van der Waals surface area contributed by atoms with Crippen LogP contribution < -0.4 is 56.1 Å². The third-order valence-corrected chi connectivity index (χ3v) is 3.61. The van der Waals surface area contributed by atoms with E-state index in [9.17, 15) is 36.2 Å². The number of benzene rings is 2. The van der Waals surface area contributed by atoms with E-state index in [2.05, 4.69) is 0 Å². The normalized spacial score (nSPS) is 11.9. The Bertz CT molecular complexity index is 780. The third-order valence-electron chi connectivity index (χ3n) is 3.61. The van der Waals surface area contributed by atoms with Crippen LogP contribution in [-0.4, -0.2) is 36.3 Å². The van der Waals surface area contributed by atoms with Crippen LogP contribution in [0.15, 0.2) is 48.5 Å². The standard InChI is InChI=1S/C10H11F3O2.C9H10O.CHF3.K.H2O/c1-9(14,10(11,12)13)7-4-3-5-8(6-7)15-2;1-7-4-3-5-9(6-7)8(2)10;2-1(3)4;;/h3-6,14H,1-2H3;3-6H,1-2H3;1H;;1H2/q;;;+1;/p-1. The van der Waals surface area contributed by atoms with Crippen LogP contribution in [0.1, 0.15) is 35.3 Å². The van der Waals surface area contributed by atoms with E-state index in [0.717, 1.165) is 17.2 Å². The number of halogens is 6. The van der Waals surface area contributed by atoms with Gasteiger partial charge in [0.05, 0.1) is 7.11 Å². The number of methoxy groups -OCH3 is 1. The van der Waals surface area contributed by atoms with Crippen LogP contribution >= 0.6 is 0 Å². The molecule has 0 aliphatic rings. The van der Waals surface area contributed by atoms with Gasteiger partial charge in [0.25, 0.3) is 0 Å². The molecule has 2 rings (SSSR count). The maximum absolute atomic E-state index is 12.5. The van der Waals surface area contributed by atoms with Gasteiger partial charge in [-0.2, -0.15) is 26.3 Å². The van der Waals surface area contributed by atoms with Gasteiger partial charge in [-0.3, -0.25) is 4.79 Å². The first-order valence-electron chi connectivity index (χ1n) is 8.15. The number of carbonyl (C=O) groups excluding carboxylic acids is 1. The van der Waals surface area contributed by atoms with E-state index in [1.807, 2.05) is 31.2 Å². The maximum Gasteiger partial charge on any atom is 1.00 e. The van der Waals surface area contributed by atoms with E-state index < -0.39 is 18.5 Å². The second-order valence-electron chi connectivity index (χ2n) is 5.98. The summed E-state index contributed by atoms with van der Waals surface area (Å²) in [5, 5.41) is 9.36. The molecule has 0 aliphatic heterocycles. The largest absolute Gasteiger partial charge is 1.00 e. The molecule has 0 aromatic heterocycles. The Morgan fingerprint density at radius 2 is 1.52 bits per heavy atom. The van der Waals surface area contributed by atoms with E-state index in [1.165, 1.54) is 25.3 Å². The Morgan fingerprint density at radius 3 is 1.87 bits per heavy atom. The summed E-state index contributed by atoms with van der Waals surface area (Å²) < 4.78 is 71.2. The quantitative estimate of drug-likeness (QED) is 0.417. The van der Waals surface area contributed by atoms with Crippen LogP contribution in [0.5, 0.6) is 5.75 Å². The predicted molar refractivity (Wildman–Crippen MR) is 98.9 cm³/mol. The van der Waals surface area contributed by atoms with Crippen molar-refractivity contribution in [2.24, 2.45) is 0 Å². The number of carbonyl (C=O) groups is 1. The van der Waals surface area contributed by atoms with Gasteiger partial charge in [-0.15, -0.1) is 0 Å². The molecule has 2 N–H and O–H groups in total. The van der Waals surface area contributed by atoms with Crippen molar-refractivity contribution in [2.45, 2.75) is 39.2 Å². The Hall–Kier alpha value is -0.954. The van der Waals surface area contributed by atoms with Crippen LogP contribution in [0.4, 0.5) is 26.3 Å². The van der Waals surface area contributed by atoms with Crippen molar-refractivity contribution in [3.8, 4) is 5.75 Å². The summed E-state index contributed by atoms with van der Waals surface area (Å²) in [6.45, 7) is 0.600. The molecular formula is C20H23F6KO4. The van der Waals surface area contributed by atoms with Gasteiger partial charge >= 0.3 is 64.2 Å². The monoisotopic (exact) mass is 480 g/mol. The third kappa shape index (κ3) is 13.2. The van der Waals surface area contributed by atoms with Crippen molar-refractivity contribution in [2.75, 3.05) is 7.11 Å². The minimum absolute atomic E-state index is 0. The Morgan fingerprint density at radius 1 is 1.03 bits per heavy atom. The van der Waals surface area contributed by atoms with Crippen molar-refractivity contribution in [3.63, 3.8) is 0 Å². The maximum atomic E-state index is 12.5. The van der Waals surface area contributed by atoms with Crippen LogP contribution in [0, 0.1) is 6.92 Å². The Kier molecular flexibility index (Phi) is 17.6. The van der Waals surface area contributed by atoms with Crippen LogP contribution in [0.25, 0.3) is 0 Å². The Balaban J connectivity index is -0.000000427.